The number of nitrogens with one attached hydrogen (secondary N) is 1. The Hall–Kier alpha value is -1.49. The van der Waals surface area contributed by atoms with Gasteiger partial charge in [-0.25, -0.2) is 9.97 Å². The third kappa shape index (κ3) is 5.36. The lowest BCUT2D eigenvalue weighted by Crippen LogP contribution is -2.33. The molecular formula is C18H21ClF3N5S2. The molecule has 5 nitrogen and oxygen atoms in total. The van der Waals surface area contributed by atoms with E-state index < -0.39 is 12.6 Å². The summed E-state index contributed by atoms with van der Waals surface area (Å²) in [4.78, 5) is 16.8. The van der Waals surface area contributed by atoms with Gasteiger partial charge in [0.25, 0.3) is 0 Å². The first-order valence-corrected chi connectivity index (χ1v) is 10.7. The molecule has 0 unspecified atom stereocenters. The van der Waals surface area contributed by atoms with E-state index in [1.54, 1.807) is 17.4 Å². The zero-order chi connectivity index (χ0) is 19.7. The van der Waals surface area contributed by atoms with Gasteiger partial charge in [0.1, 0.15) is 17.0 Å². The predicted molar refractivity (Wildman–Crippen MR) is 113 cm³/mol. The van der Waals surface area contributed by atoms with Crippen LogP contribution in [0, 0.1) is 0 Å². The number of fused-ring (bicyclic) bond motifs is 1. The molecule has 3 aromatic rings. The molecule has 0 amide bonds. The maximum Gasteiger partial charge on any atom is 0.393 e. The van der Waals surface area contributed by atoms with Crippen molar-refractivity contribution in [3.05, 3.63) is 33.9 Å². The summed E-state index contributed by atoms with van der Waals surface area (Å²) in [5, 5.41) is 4.28. The first kappa shape index (κ1) is 22.2. The summed E-state index contributed by atoms with van der Waals surface area (Å²) >= 11 is 2.73. The molecule has 0 radical (unpaired) electrons. The number of nitrogens with zero attached hydrogens (tertiary/aromatic N) is 4. The molecule has 1 N–H and O–H groups in total. The number of alkyl halides is 3. The molecule has 0 saturated heterocycles. The van der Waals surface area contributed by atoms with Gasteiger partial charge in [0, 0.05) is 41.6 Å². The molecule has 1 aliphatic carbocycles. The smallest absolute Gasteiger partial charge is 0.356 e. The van der Waals surface area contributed by atoms with Gasteiger partial charge < -0.3 is 10.2 Å². The number of anilines is 1. The summed E-state index contributed by atoms with van der Waals surface area (Å²) in [7, 11) is 1.97. The van der Waals surface area contributed by atoms with E-state index in [2.05, 4.69) is 25.2 Å². The Labute approximate surface area is 180 Å². The Morgan fingerprint density at radius 2 is 2.07 bits per heavy atom. The Balaban J connectivity index is 0.00000240. The molecule has 1 saturated carbocycles. The Kier molecular flexibility index (Phi) is 6.98. The van der Waals surface area contributed by atoms with Crippen LogP contribution in [0.3, 0.4) is 0 Å². The van der Waals surface area contributed by atoms with E-state index in [9.17, 15) is 13.2 Å². The van der Waals surface area contributed by atoms with Gasteiger partial charge >= 0.3 is 6.18 Å². The lowest BCUT2D eigenvalue weighted by Gasteiger charge is -2.26. The van der Waals surface area contributed by atoms with E-state index in [-0.39, 0.29) is 17.3 Å². The van der Waals surface area contributed by atoms with Gasteiger partial charge in [0.05, 0.1) is 17.3 Å². The molecule has 0 aromatic carbocycles. The fourth-order valence-electron chi connectivity index (χ4n) is 3.70. The van der Waals surface area contributed by atoms with Crippen molar-refractivity contribution < 1.29 is 13.2 Å². The zero-order valence-corrected chi connectivity index (χ0v) is 18.1. The normalized spacial score (nSPS) is 19.4. The third-order valence-corrected chi connectivity index (χ3v) is 6.89. The van der Waals surface area contributed by atoms with Gasteiger partial charge in [0.15, 0.2) is 0 Å². The number of thiophene rings is 1. The van der Waals surface area contributed by atoms with Gasteiger partial charge in [-0.1, -0.05) is 0 Å². The molecule has 3 aromatic heterocycles. The van der Waals surface area contributed by atoms with E-state index >= 15 is 0 Å². The van der Waals surface area contributed by atoms with Crippen molar-refractivity contribution in [1.29, 1.82) is 0 Å². The fourth-order valence-corrected chi connectivity index (χ4v) is 5.27. The predicted octanol–water partition coefficient (Wildman–Crippen LogP) is 4.82. The van der Waals surface area contributed by atoms with Gasteiger partial charge in [-0.15, -0.1) is 35.1 Å². The minimum absolute atomic E-state index is 0. The van der Waals surface area contributed by atoms with E-state index in [0.717, 1.165) is 37.1 Å². The summed E-state index contributed by atoms with van der Waals surface area (Å²) in [5.74, 6) is 0.711. The van der Waals surface area contributed by atoms with Crippen LogP contribution in [0.2, 0.25) is 0 Å². The van der Waals surface area contributed by atoms with Crippen LogP contribution in [-0.4, -0.2) is 40.3 Å². The van der Waals surface area contributed by atoms with Crippen LogP contribution in [0.25, 0.3) is 10.2 Å². The molecule has 0 bridgehead atoms. The summed E-state index contributed by atoms with van der Waals surface area (Å²) in [6.07, 6.45) is 1.22. The highest BCUT2D eigenvalue weighted by atomic mass is 35.5. The summed E-state index contributed by atoms with van der Waals surface area (Å²) in [5.41, 5.74) is 1.83. The molecule has 2 atom stereocenters. The maximum absolute atomic E-state index is 12.7. The molecule has 11 heteroatoms. The highest BCUT2D eigenvalue weighted by Gasteiger charge is 2.31. The number of halogens is 4. The van der Waals surface area contributed by atoms with Crippen molar-refractivity contribution >= 4 is 51.1 Å². The van der Waals surface area contributed by atoms with E-state index in [1.807, 2.05) is 18.8 Å². The summed E-state index contributed by atoms with van der Waals surface area (Å²) < 4.78 is 38.2. The van der Waals surface area contributed by atoms with Gasteiger partial charge in [-0.3, -0.25) is 4.98 Å². The quantitative estimate of drug-likeness (QED) is 0.568. The average Bonchev–Trinajstić information content (AvgIpc) is 3.37. The van der Waals surface area contributed by atoms with Crippen LogP contribution in [0.4, 0.5) is 19.0 Å². The largest absolute Gasteiger partial charge is 0.393 e. The SMILES string of the molecule is CN(c1ncnc2sc(CC(F)(F)F)cc12)[C@@H]1CC[C@H](NCc2cncs2)C1.Cl. The summed E-state index contributed by atoms with van der Waals surface area (Å²) in [6, 6.07) is 2.30. The average molecular weight is 464 g/mol. The Morgan fingerprint density at radius 3 is 2.79 bits per heavy atom. The molecule has 29 heavy (non-hydrogen) atoms. The Morgan fingerprint density at radius 1 is 1.24 bits per heavy atom. The lowest BCUT2D eigenvalue weighted by atomic mass is 10.2. The van der Waals surface area contributed by atoms with Gasteiger partial charge in [-0.05, 0) is 25.3 Å². The number of aromatic nitrogens is 3. The van der Waals surface area contributed by atoms with Crippen LogP contribution in [0.15, 0.2) is 24.1 Å². The number of hydrogen-bond donors (Lipinski definition) is 1. The van der Waals surface area contributed by atoms with Crippen LogP contribution < -0.4 is 10.2 Å². The van der Waals surface area contributed by atoms with E-state index in [0.29, 0.717) is 28.1 Å². The van der Waals surface area contributed by atoms with Crippen LogP contribution in [-0.2, 0) is 13.0 Å². The first-order valence-electron chi connectivity index (χ1n) is 9.03. The summed E-state index contributed by atoms with van der Waals surface area (Å²) in [6.45, 7) is 0.814. The van der Waals surface area contributed by atoms with Crippen LogP contribution in [0.1, 0.15) is 29.0 Å². The molecule has 3 heterocycles. The van der Waals surface area contributed by atoms with Crippen LogP contribution >= 0.6 is 35.1 Å². The monoisotopic (exact) mass is 463 g/mol. The number of hydrogen-bond acceptors (Lipinski definition) is 7. The molecule has 0 aliphatic heterocycles. The number of thiazole rings is 1. The van der Waals surface area contributed by atoms with Crippen molar-refractivity contribution in [3.63, 3.8) is 0 Å². The number of rotatable bonds is 6. The van der Waals surface area contributed by atoms with E-state index in [4.69, 9.17) is 0 Å². The zero-order valence-electron chi connectivity index (χ0n) is 15.6. The first-order chi connectivity index (χ1) is 13.4. The minimum atomic E-state index is -4.22. The van der Waals surface area contributed by atoms with Crippen molar-refractivity contribution in [2.45, 2.75) is 50.5 Å². The molecule has 1 fully saturated rings. The van der Waals surface area contributed by atoms with Crippen molar-refractivity contribution in [2.75, 3.05) is 11.9 Å². The molecule has 1 aliphatic rings. The lowest BCUT2D eigenvalue weighted by molar-refractivity contribution is -0.126. The molecule has 158 valence electrons. The standard InChI is InChI=1S/C18H20F3N5S2.ClH/c1-26(12-3-2-11(4-12)23-8-14-7-22-10-27-14)16-15-5-13(6-18(19,20)21)28-17(15)25-9-24-16;/h5,7,9-12,23H,2-4,6,8H2,1H3;1H/t11-,12+;/m0./s1. The molecule has 0 spiro atoms. The second-order valence-corrected chi connectivity index (χ2v) is 9.13. The van der Waals surface area contributed by atoms with Gasteiger partial charge in [-0.2, -0.15) is 13.2 Å². The van der Waals surface area contributed by atoms with Crippen molar-refractivity contribution in [2.24, 2.45) is 0 Å². The van der Waals surface area contributed by atoms with Crippen molar-refractivity contribution in [1.82, 2.24) is 20.3 Å². The van der Waals surface area contributed by atoms with Gasteiger partial charge in [0.2, 0.25) is 0 Å². The molecule has 4 rings (SSSR count). The van der Waals surface area contributed by atoms with E-state index in [1.165, 1.54) is 11.2 Å². The second kappa shape index (κ2) is 9.11. The third-order valence-electron chi connectivity index (χ3n) is 5.07. The Bertz CT molecular complexity index is 931. The highest BCUT2D eigenvalue weighted by Crippen LogP contribution is 2.35. The fraction of sp³-hybridized carbons (Fsp3) is 0.500. The van der Waals surface area contributed by atoms with Crippen molar-refractivity contribution in [3.8, 4) is 0 Å². The topological polar surface area (TPSA) is 53.9 Å². The molecular weight excluding hydrogens is 443 g/mol. The second-order valence-electron chi connectivity index (χ2n) is 7.04. The minimum Gasteiger partial charge on any atom is -0.356 e. The maximum atomic E-state index is 12.7. The van der Waals surface area contributed by atoms with Crippen LogP contribution in [0.5, 0.6) is 0 Å². The highest BCUT2D eigenvalue weighted by molar-refractivity contribution is 7.18.